The van der Waals surface area contributed by atoms with Gasteiger partial charge in [0, 0.05) is 18.0 Å². The minimum atomic E-state index is -0.824. The number of urea groups is 1. The summed E-state index contributed by atoms with van der Waals surface area (Å²) in [5, 5.41) is 14.7. The lowest BCUT2D eigenvalue weighted by Crippen LogP contribution is -2.60. The number of benzene rings is 1. The van der Waals surface area contributed by atoms with E-state index in [1.165, 1.54) is 0 Å². The van der Waals surface area contributed by atoms with E-state index in [9.17, 15) is 14.7 Å². The molecule has 0 aliphatic carbocycles. The normalized spacial score (nSPS) is 21.0. The second kappa shape index (κ2) is 7.86. The first-order valence-electron chi connectivity index (χ1n) is 8.95. The Morgan fingerprint density at radius 2 is 2.07 bits per heavy atom. The van der Waals surface area contributed by atoms with Gasteiger partial charge in [-0.1, -0.05) is 28.9 Å². The zero-order valence-electron chi connectivity index (χ0n) is 15.0. The van der Waals surface area contributed by atoms with Gasteiger partial charge in [-0.05, 0) is 17.7 Å². The molecule has 2 atom stereocenters. The van der Waals surface area contributed by atoms with Gasteiger partial charge in [0.15, 0.2) is 5.82 Å². The zero-order valence-corrected chi connectivity index (χ0v) is 15.7. The third-order valence-electron chi connectivity index (χ3n) is 4.85. The second-order valence-corrected chi connectivity index (χ2v) is 7.20. The van der Waals surface area contributed by atoms with Gasteiger partial charge in [-0.25, -0.2) is 4.79 Å². The summed E-state index contributed by atoms with van der Waals surface area (Å²) in [5.41, 5.74) is 0.676. The van der Waals surface area contributed by atoms with Crippen LogP contribution in [0.15, 0.2) is 28.8 Å². The van der Waals surface area contributed by atoms with Gasteiger partial charge < -0.3 is 19.3 Å². The zero-order chi connectivity index (χ0) is 19.7. The van der Waals surface area contributed by atoms with Gasteiger partial charge in [0.05, 0.1) is 31.8 Å². The van der Waals surface area contributed by atoms with Crippen LogP contribution in [0.2, 0.25) is 5.02 Å². The van der Waals surface area contributed by atoms with Gasteiger partial charge in [-0.3, -0.25) is 9.69 Å². The average Bonchev–Trinajstić information content (AvgIpc) is 3.12. The molecule has 1 aromatic carbocycles. The number of amides is 3. The number of aromatic nitrogens is 2. The summed E-state index contributed by atoms with van der Waals surface area (Å²) in [6.45, 7) is 1.19. The molecule has 1 N–H and O–H groups in total. The smallest absolute Gasteiger partial charge is 0.327 e. The molecule has 1 unspecified atom stereocenters. The van der Waals surface area contributed by atoms with Crippen molar-refractivity contribution in [2.75, 3.05) is 19.8 Å². The van der Waals surface area contributed by atoms with Crippen LogP contribution in [0.5, 0.6) is 0 Å². The number of halogens is 1. The molecule has 0 radical (unpaired) electrons. The molecule has 9 nitrogen and oxygen atoms in total. The first kappa shape index (κ1) is 18.9. The van der Waals surface area contributed by atoms with Gasteiger partial charge in [0.1, 0.15) is 6.54 Å². The molecule has 3 heterocycles. The summed E-state index contributed by atoms with van der Waals surface area (Å²) in [4.78, 5) is 31.9. The van der Waals surface area contributed by atoms with Crippen LogP contribution < -0.4 is 0 Å². The van der Waals surface area contributed by atoms with Crippen molar-refractivity contribution in [2.24, 2.45) is 0 Å². The summed E-state index contributed by atoms with van der Waals surface area (Å²) in [5.74, 6) is 0.142. The van der Waals surface area contributed by atoms with E-state index in [2.05, 4.69) is 10.1 Å². The van der Waals surface area contributed by atoms with Gasteiger partial charge >= 0.3 is 6.03 Å². The van der Waals surface area contributed by atoms with E-state index in [1.54, 1.807) is 29.2 Å². The molecule has 0 spiro atoms. The van der Waals surface area contributed by atoms with E-state index < -0.39 is 6.10 Å². The number of nitrogens with zero attached hydrogens (tertiary/aromatic N) is 4. The average molecular weight is 407 g/mol. The van der Waals surface area contributed by atoms with Crippen LogP contribution in [0, 0.1) is 0 Å². The third kappa shape index (κ3) is 3.87. The van der Waals surface area contributed by atoms with Crippen molar-refractivity contribution < 1.29 is 24.0 Å². The number of carbonyl (C=O) groups excluding carboxylic acids is 2. The Labute approximate surface area is 165 Å². The minimum Gasteiger partial charge on any atom is -0.388 e. The highest BCUT2D eigenvalue weighted by molar-refractivity contribution is 6.30. The summed E-state index contributed by atoms with van der Waals surface area (Å²) in [6, 6.07) is 6.24. The summed E-state index contributed by atoms with van der Waals surface area (Å²) in [7, 11) is 0. The van der Waals surface area contributed by atoms with Crippen molar-refractivity contribution in [2.45, 2.75) is 31.5 Å². The largest absolute Gasteiger partial charge is 0.388 e. The number of aliphatic hydroxyl groups is 1. The van der Waals surface area contributed by atoms with E-state index in [0.717, 1.165) is 4.90 Å². The monoisotopic (exact) mass is 406 g/mol. The van der Waals surface area contributed by atoms with Crippen molar-refractivity contribution in [3.05, 3.63) is 46.6 Å². The Bertz CT molecular complexity index is 871. The van der Waals surface area contributed by atoms with Gasteiger partial charge in [-0.15, -0.1) is 0 Å². The van der Waals surface area contributed by atoms with Crippen molar-refractivity contribution >= 4 is 23.5 Å². The predicted octanol–water partition coefficient (Wildman–Crippen LogP) is 1.55. The summed E-state index contributed by atoms with van der Waals surface area (Å²) < 4.78 is 10.5. The lowest BCUT2D eigenvalue weighted by Gasteiger charge is -2.42. The Balaban J connectivity index is 1.41. The maximum Gasteiger partial charge on any atom is 0.327 e. The SMILES string of the molecule is O=C1CC2COCCN2C(=O)N1Cc1nc(C[C@H](O)c2ccc(Cl)cc2)no1. The van der Waals surface area contributed by atoms with E-state index in [1.807, 2.05) is 0 Å². The van der Waals surface area contributed by atoms with E-state index in [0.29, 0.717) is 36.2 Å². The molecule has 0 bridgehead atoms. The minimum absolute atomic E-state index is 0.0915. The topological polar surface area (TPSA) is 109 Å². The number of hydrogen-bond donors (Lipinski definition) is 1. The lowest BCUT2D eigenvalue weighted by molar-refractivity contribution is -0.136. The van der Waals surface area contributed by atoms with Gasteiger partial charge in [-0.2, -0.15) is 4.98 Å². The lowest BCUT2D eigenvalue weighted by atomic mass is 10.1. The summed E-state index contributed by atoms with van der Waals surface area (Å²) in [6.07, 6.45) is -0.476. The van der Waals surface area contributed by atoms with Crippen LogP contribution in [-0.4, -0.2) is 62.8 Å². The Morgan fingerprint density at radius 3 is 2.86 bits per heavy atom. The number of ether oxygens (including phenoxy) is 1. The number of aliphatic hydroxyl groups excluding tert-OH is 1. The second-order valence-electron chi connectivity index (χ2n) is 6.76. The van der Waals surface area contributed by atoms with Crippen molar-refractivity contribution in [3.8, 4) is 0 Å². The molecular formula is C18H19ClN4O5. The molecule has 10 heteroatoms. The maximum atomic E-state index is 12.6. The first-order valence-corrected chi connectivity index (χ1v) is 9.33. The molecule has 4 rings (SSSR count). The molecule has 3 amide bonds. The first-order chi connectivity index (χ1) is 13.5. The van der Waals surface area contributed by atoms with Crippen LogP contribution in [0.25, 0.3) is 0 Å². The molecule has 2 aliphatic heterocycles. The molecule has 1 aromatic heterocycles. The van der Waals surface area contributed by atoms with E-state index in [-0.39, 0.29) is 43.3 Å². The van der Waals surface area contributed by atoms with E-state index in [4.69, 9.17) is 20.9 Å². The van der Waals surface area contributed by atoms with Gasteiger partial charge in [0.25, 0.3) is 0 Å². The molecule has 2 saturated heterocycles. The van der Waals surface area contributed by atoms with Crippen LogP contribution >= 0.6 is 11.6 Å². The molecule has 148 valence electrons. The number of hydrogen-bond acceptors (Lipinski definition) is 7. The molecular weight excluding hydrogens is 388 g/mol. The fourth-order valence-corrected chi connectivity index (χ4v) is 3.48. The molecule has 28 heavy (non-hydrogen) atoms. The molecule has 2 aromatic rings. The number of fused-ring (bicyclic) bond motifs is 1. The van der Waals surface area contributed by atoms with Gasteiger partial charge in [0.2, 0.25) is 11.8 Å². The fourth-order valence-electron chi connectivity index (χ4n) is 3.35. The Kier molecular flexibility index (Phi) is 5.29. The van der Waals surface area contributed by atoms with Crippen LogP contribution in [-0.2, 0) is 22.5 Å². The number of imide groups is 1. The predicted molar refractivity (Wildman–Crippen MR) is 96.3 cm³/mol. The van der Waals surface area contributed by atoms with Crippen LogP contribution in [0.1, 0.15) is 29.8 Å². The van der Waals surface area contributed by atoms with Crippen LogP contribution in [0.3, 0.4) is 0 Å². The highest BCUT2D eigenvalue weighted by atomic mass is 35.5. The highest BCUT2D eigenvalue weighted by Crippen LogP contribution is 2.23. The Hall–Kier alpha value is -2.49. The Morgan fingerprint density at radius 1 is 1.29 bits per heavy atom. The van der Waals surface area contributed by atoms with Crippen molar-refractivity contribution in [3.63, 3.8) is 0 Å². The molecule has 2 fully saturated rings. The highest BCUT2D eigenvalue weighted by Gasteiger charge is 2.40. The van der Waals surface area contributed by atoms with E-state index >= 15 is 0 Å². The third-order valence-corrected chi connectivity index (χ3v) is 5.10. The molecule has 0 saturated carbocycles. The fraction of sp³-hybridized carbons (Fsp3) is 0.444. The summed E-state index contributed by atoms with van der Waals surface area (Å²) >= 11 is 5.85. The number of morpholine rings is 1. The maximum absolute atomic E-state index is 12.6. The number of rotatable bonds is 5. The standard InChI is InChI=1S/C18H19ClN4O5/c19-12-3-1-11(2-4-12)14(24)8-15-20-16(28-21-15)9-23-17(25)7-13-10-27-6-5-22(13)18(23)26/h1-4,13-14,24H,5-10H2/t13?,14-/m0/s1. The van der Waals surface area contributed by atoms with Crippen molar-refractivity contribution in [1.82, 2.24) is 19.9 Å². The van der Waals surface area contributed by atoms with Crippen LogP contribution in [0.4, 0.5) is 4.79 Å². The molecule has 2 aliphatic rings. The van der Waals surface area contributed by atoms with Crippen molar-refractivity contribution in [1.29, 1.82) is 0 Å². The number of carbonyl (C=O) groups is 2. The quantitative estimate of drug-likeness (QED) is 0.802.